The fourth-order valence-electron chi connectivity index (χ4n) is 3.13. The molecule has 1 fully saturated rings. The van der Waals surface area contributed by atoms with E-state index in [1.807, 2.05) is 16.7 Å². The van der Waals surface area contributed by atoms with Crippen LogP contribution in [0.25, 0.3) is 0 Å². The molecule has 0 bridgehead atoms. The number of nitrogens with zero attached hydrogens (tertiary/aromatic N) is 1. The minimum atomic E-state index is -0.298. The van der Waals surface area contributed by atoms with E-state index in [4.69, 9.17) is 0 Å². The summed E-state index contributed by atoms with van der Waals surface area (Å²) in [5.74, 6) is 0.640. The van der Waals surface area contributed by atoms with Crippen molar-refractivity contribution >= 4 is 17.7 Å². The van der Waals surface area contributed by atoms with E-state index in [9.17, 15) is 9.18 Å². The van der Waals surface area contributed by atoms with Crippen LogP contribution in [0.15, 0.2) is 48.5 Å². The summed E-state index contributed by atoms with van der Waals surface area (Å²) in [6, 6.07) is 15.0. The van der Waals surface area contributed by atoms with Gasteiger partial charge in [0.15, 0.2) is 0 Å². The lowest BCUT2D eigenvalue weighted by molar-refractivity contribution is -0.130. The van der Waals surface area contributed by atoms with Gasteiger partial charge in [0.05, 0.1) is 6.42 Å². The average molecular weight is 343 g/mol. The molecule has 0 saturated carbocycles. The van der Waals surface area contributed by atoms with Gasteiger partial charge in [0.1, 0.15) is 5.82 Å². The molecule has 2 aromatic carbocycles. The van der Waals surface area contributed by atoms with Gasteiger partial charge in [0, 0.05) is 24.1 Å². The molecule has 1 amide bonds. The molecule has 126 valence electrons. The lowest BCUT2D eigenvalue weighted by atomic mass is 10.0. The van der Waals surface area contributed by atoms with Gasteiger partial charge in [-0.2, -0.15) is 11.8 Å². The van der Waals surface area contributed by atoms with Crippen LogP contribution in [0, 0.1) is 12.7 Å². The van der Waals surface area contributed by atoms with E-state index < -0.39 is 0 Å². The Bertz CT molecular complexity index is 718. The highest BCUT2D eigenvalue weighted by molar-refractivity contribution is 7.99. The molecule has 0 N–H and O–H groups in total. The van der Waals surface area contributed by atoms with Crippen LogP contribution in [0.5, 0.6) is 0 Å². The van der Waals surface area contributed by atoms with Gasteiger partial charge in [-0.05, 0) is 36.1 Å². The number of benzene rings is 2. The molecule has 0 aromatic heterocycles. The average Bonchev–Trinajstić information content (AvgIpc) is 2.83. The number of thioether (sulfide) groups is 1. The summed E-state index contributed by atoms with van der Waals surface area (Å²) in [6.07, 6.45) is 1.09. The summed E-state index contributed by atoms with van der Waals surface area (Å²) >= 11 is 1.91. The smallest absolute Gasteiger partial charge is 0.227 e. The maximum absolute atomic E-state index is 13.8. The Hall–Kier alpha value is -1.81. The lowest BCUT2D eigenvalue weighted by Crippen LogP contribution is -2.34. The molecule has 1 aliphatic heterocycles. The zero-order valence-corrected chi connectivity index (χ0v) is 14.7. The fraction of sp³-hybridized carbons (Fsp3) is 0.350. The standard InChI is InChI=1S/C20H22FNOS/c1-15-6-2-4-8-17(15)19-10-11-22(12-13-24-19)20(23)14-16-7-3-5-9-18(16)21/h2-9,19H,10-14H2,1H3. The third-order valence-corrected chi connectivity index (χ3v) is 5.84. The monoisotopic (exact) mass is 343 g/mol. The van der Waals surface area contributed by atoms with Crippen molar-refractivity contribution in [3.8, 4) is 0 Å². The zero-order valence-electron chi connectivity index (χ0n) is 13.9. The first kappa shape index (κ1) is 17.0. The fourth-order valence-corrected chi connectivity index (χ4v) is 4.46. The Morgan fingerprint density at radius 1 is 1.17 bits per heavy atom. The number of carbonyl (C=O) groups excluding carboxylic acids is 1. The van der Waals surface area contributed by atoms with E-state index in [2.05, 4.69) is 31.2 Å². The lowest BCUT2D eigenvalue weighted by Gasteiger charge is -2.21. The van der Waals surface area contributed by atoms with Gasteiger partial charge >= 0.3 is 0 Å². The van der Waals surface area contributed by atoms with Gasteiger partial charge in [-0.15, -0.1) is 0 Å². The van der Waals surface area contributed by atoms with Gasteiger partial charge in [-0.3, -0.25) is 4.79 Å². The molecule has 1 unspecified atom stereocenters. The molecule has 4 heteroatoms. The second kappa shape index (κ2) is 7.84. The molecule has 0 aliphatic carbocycles. The highest BCUT2D eigenvalue weighted by atomic mass is 32.2. The number of hydrogen-bond donors (Lipinski definition) is 0. The van der Waals surface area contributed by atoms with Crippen LogP contribution in [0.4, 0.5) is 4.39 Å². The van der Waals surface area contributed by atoms with Crippen LogP contribution in [-0.2, 0) is 11.2 Å². The third kappa shape index (κ3) is 3.99. The second-order valence-electron chi connectivity index (χ2n) is 6.15. The molecule has 0 spiro atoms. The molecular formula is C20H22FNOS. The normalized spacial score (nSPS) is 18.2. The summed E-state index contributed by atoms with van der Waals surface area (Å²) in [7, 11) is 0. The number of carbonyl (C=O) groups is 1. The topological polar surface area (TPSA) is 20.3 Å². The zero-order chi connectivity index (χ0) is 16.9. The number of amides is 1. The van der Waals surface area contributed by atoms with Crippen molar-refractivity contribution in [1.82, 2.24) is 4.90 Å². The molecule has 1 saturated heterocycles. The number of hydrogen-bond acceptors (Lipinski definition) is 2. The Morgan fingerprint density at radius 3 is 2.71 bits per heavy atom. The maximum atomic E-state index is 13.8. The van der Waals surface area contributed by atoms with Crippen LogP contribution < -0.4 is 0 Å². The van der Waals surface area contributed by atoms with Crippen molar-refractivity contribution in [3.05, 3.63) is 71.0 Å². The van der Waals surface area contributed by atoms with Crippen molar-refractivity contribution in [2.75, 3.05) is 18.8 Å². The van der Waals surface area contributed by atoms with Crippen LogP contribution in [-0.4, -0.2) is 29.6 Å². The van der Waals surface area contributed by atoms with Gasteiger partial charge in [0.25, 0.3) is 0 Å². The molecule has 1 atom stereocenters. The van der Waals surface area contributed by atoms with Gasteiger partial charge < -0.3 is 4.90 Å². The number of aryl methyl sites for hydroxylation is 1. The highest BCUT2D eigenvalue weighted by Crippen LogP contribution is 2.36. The Morgan fingerprint density at radius 2 is 1.92 bits per heavy atom. The predicted molar refractivity (Wildman–Crippen MR) is 97.7 cm³/mol. The van der Waals surface area contributed by atoms with Crippen LogP contribution in [0.2, 0.25) is 0 Å². The largest absolute Gasteiger partial charge is 0.342 e. The quantitative estimate of drug-likeness (QED) is 0.824. The molecule has 3 rings (SSSR count). The van der Waals surface area contributed by atoms with E-state index in [-0.39, 0.29) is 18.1 Å². The Kier molecular flexibility index (Phi) is 5.56. The predicted octanol–water partition coefficient (Wildman–Crippen LogP) is 4.38. The number of rotatable bonds is 3. The van der Waals surface area contributed by atoms with Gasteiger partial charge in [-0.25, -0.2) is 4.39 Å². The van der Waals surface area contributed by atoms with E-state index in [1.165, 1.54) is 17.2 Å². The molecule has 1 aliphatic rings. The summed E-state index contributed by atoms with van der Waals surface area (Å²) in [5.41, 5.74) is 3.15. The molecular weight excluding hydrogens is 321 g/mol. The van der Waals surface area contributed by atoms with E-state index in [0.29, 0.717) is 10.8 Å². The van der Waals surface area contributed by atoms with Crippen molar-refractivity contribution < 1.29 is 9.18 Å². The van der Waals surface area contributed by atoms with E-state index >= 15 is 0 Å². The minimum absolute atomic E-state index is 0.0196. The third-order valence-electron chi connectivity index (χ3n) is 4.53. The van der Waals surface area contributed by atoms with Crippen LogP contribution in [0.3, 0.4) is 0 Å². The molecule has 0 radical (unpaired) electrons. The van der Waals surface area contributed by atoms with Gasteiger partial charge in [0.2, 0.25) is 5.91 Å². The second-order valence-corrected chi connectivity index (χ2v) is 7.46. The molecule has 2 nitrogen and oxygen atoms in total. The van der Waals surface area contributed by atoms with Crippen LogP contribution in [0.1, 0.15) is 28.4 Å². The van der Waals surface area contributed by atoms with Crippen molar-refractivity contribution in [1.29, 1.82) is 0 Å². The van der Waals surface area contributed by atoms with Gasteiger partial charge in [-0.1, -0.05) is 42.5 Å². The summed E-state index contributed by atoms with van der Waals surface area (Å²) in [6.45, 7) is 3.61. The van der Waals surface area contributed by atoms with Crippen molar-refractivity contribution in [2.45, 2.75) is 25.0 Å². The summed E-state index contributed by atoms with van der Waals surface area (Å²) in [4.78, 5) is 14.4. The van der Waals surface area contributed by atoms with Crippen molar-refractivity contribution in [3.63, 3.8) is 0 Å². The molecule has 24 heavy (non-hydrogen) atoms. The Labute approximate surface area is 147 Å². The molecule has 1 heterocycles. The van der Waals surface area contributed by atoms with E-state index in [0.717, 1.165) is 25.3 Å². The Balaban J connectivity index is 1.64. The SMILES string of the molecule is Cc1ccccc1C1CCN(C(=O)Cc2ccccc2F)CCS1. The maximum Gasteiger partial charge on any atom is 0.227 e. The first-order valence-electron chi connectivity index (χ1n) is 8.33. The van der Waals surface area contributed by atoms with Crippen LogP contribution >= 0.6 is 11.8 Å². The number of halogens is 1. The molecule has 2 aromatic rings. The highest BCUT2D eigenvalue weighted by Gasteiger charge is 2.23. The first-order valence-corrected chi connectivity index (χ1v) is 9.38. The first-order chi connectivity index (χ1) is 11.6. The van der Waals surface area contributed by atoms with Crippen molar-refractivity contribution in [2.24, 2.45) is 0 Å². The minimum Gasteiger partial charge on any atom is -0.342 e. The summed E-state index contributed by atoms with van der Waals surface area (Å²) < 4.78 is 13.8. The van der Waals surface area contributed by atoms with E-state index in [1.54, 1.807) is 18.2 Å². The summed E-state index contributed by atoms with van der Waals surface area (Å²) in [5, 5.41) is 0.428.